The minimum absolute atomic E-state index is 0.0883. The number of nitrogens with one attached hydrogen (secondary N) is 2. The summed E-state index contributed by atoms with van der Waals surface area (Å²) < 4.78 is 9.51. The van der Waals surface area contributed by atoms with E-state index in [4.69, 9.17) is 9.37 Å². The van der Waals surface area contributed by atoms with Gasteiger partial charge in [0.25, 0.3) is 0 Å². The van der Waals surface area contributed by atoms with Crippen LogP contribution in [0, 0.1) is 0 Å². The number of carbonyl (C=O) groups is 2. The molecule has 25 heavy (non-hydrogen) atoms. The van der Waals surface area contributed by atoms with Crippen molar-refractivity contribution in [3.8, 4) is 0 Å². The van der Waals surface area contributed by atoms with Crippen molar-refractivity contribution < 1.29 is 19.0 Å². The van der Waals surface area contributed by atoms with Crippen molar-refractivity contribution in [2.75, 3.05) is 17.7 Å². The van der Waals surface area contributed by atoms with Gasteiger partial charge in [-0.15, -0.1) is 0 Å². The second-order valence-corrected chi connectivity index (χ2v) is 5.95. The molecule has 1 aromatic carbocycles. The molecule has 1 aliphatic carbocycles. The fraction of sp³-hybridized carbons (Fsp3) is 0.294. The SMILES string of the molecule is COC(=O)c1ccc([C@@H]2Nc3nonc3NC3=C2C(=O)CCC3)cc1. The van der Waals surface area contributed by atoms with Crippen molar-refractivity contribution in [2.45, 2.75) is 25.3 Å². The molecule has 2 N–H and O–H groups in total. The van der Waals surface area contributed by atoms with E-state index >= 15 is 0 Å². The fourth-order valence-electron chi connectivity index (χ4n) is 3.22. The lowest BCUT2D eigenvalue weighted by atomic mass is 9.86. The van der Waals surface area contributed by atoms with Gasteiger partial charge in [0.1, 0.15) is 0 Å². The average molecular weight is 340 g/mol. The van der Waals surface area contributed by atoms with E-state index in [1.165, 1.54) is 7.11 Å². The van der Waals surface area contributed by atoms with Crippen molar-refractivity contribution in [2.24, 2.45) is 0 Å². The molecule has 0 fully saturated rings. The number of allylic oxidation sites excluding steroid dienone is 1. The third kappa shape index (κ3) is 2.65. The Morgan fingerprint density at radius 3 is 2.72 bits per heavy atom. The maximum absolute atomic E-state index is 12.6. The summed E-state index contributed by atoms with van der Waals surface area (Å²) in [4.78, 5) is 24.2. The third-order valence-electron chi connectivity index (χ3n) is 4.45. The molecule has 1 aromatic heterocycles. The number of methoxy groups -OCH3 is 1. The van der Waals surface area contributed by atoms with Crippen molar-refractivity contribution in [1.82, 2.24) is 10.3 Å². The summed E-state index contributed by atoms with van der Waals surface area (Å²) in [5.41, 5.74) is 2.80. The number of hydrogen-bond acceptors (Lipinski definition) is 8. The molecule has 2 aliphatic rings. The molecule has 2 heterocycles. The highest BCUT2D eigenvalue weighted by Crippen LogP contribution is 2.39. The molecule has 4 rings (SSSR count). The molecule has 0 saturated carbocycles. The minimum atomic E-state index is -0.404. The van der Waals surface area contributed by atoms with Crippen LogP contribution in [0.2, 0.25) is 0 Å². The highest BCUT2D eigenvalue weighted by molar-refractivity contribution is 6.00. The molecule has 0 unspecified atom stereocenters. The molecule has 0 saturated heterocycles. The number of aromatic nitrogens is 2. The van der Waals surface area contributed by atoms with Gasteiger partial charge in [0.2, 0.25) is 11.6 Å². The van der Waals surface area contributed by atoms with Gasteiger partial charge in [-0.25, -0.2) is 9.42 Å². The maximum Gasteiger partial charge on any atom is 0.337 e. The molecule has 8 heteroatoms. The second kappa shape index (κ2) is 6.04. The summed E-state index contributed by atoms with van der Waals surface area (Å²) >= 11 is 0. The fourth-order valence-corrected chi connectivity index (χ4v) is 3.22. The van der Waals surface area contributed by atoms with Gasteiger partial charge in [-0.05, 0) is 40.9 Å². The van der Waals surface area contributed by atoms with E-state index in [2.05, 4.69) is 20.9 Å². The highest BCUT2D eigenvalue weighted by Gasteiger charge is 2.33. The molecular formula is C17H16N4O4. The normalized spacial score (nSPS) is 19.2. The Labute approximate surface area is 143 Å². The first-order valence-corrected chi connectivity index (χ1v) is 7.98. The van der Waals surface area contributed by atoms with Crippen LogP contribution in [0.1, 0.15) is 41.2 Å². The van der Waals surface area contributed by atoms with Gasteiger partial charge in [0.05, 0.1) is 18.7 Å². The van der Waals surface area contributed by atoms with Crippen LogP contribution in [0.3, 0.4) is 0 Å². The van der Waals surface area contributed by atoms with E-state index in [1.54, 1.807) is 24.3 Å². The van der Waals surface area contributed by atoms with Gasteiger partial charge >= 0.3 is 5.97 Å². The van der Waals surface area contributed by atoms with Crippen LogP contribution in [0.15, 0.2) is 40.2 Å². The van der Waals surface area contributed by atoms with Crippen LogP contribution in [0.4, 0.5) is 11.6 Å². The van der Waals surface area contributed by atoms with E-state index < -0.39 is 12.0 Å². The number of nitrogens with zero attached hydrogens (tertiary/aromatic N) is 2. The quantitative estimate of drug-likeness (QED) is 0.803. The number of anilines is 2. The Morgan fingerprint density at radius 2 is 1.96 bits per heavy atom. The molecule has 1 atom stereocenters. The molecule has 0 spiro atoms. The summed E-state index contributed by atoms with van der Waals surface area (Å²) in [5, 5.41) is 14.1. The first-order chi connectivity index (χ1) is 12.2. The van der Waals surface area contributed by atoms with E-state index in [9.17, 15) is 9.59 Å². The lowest BCUT2D eigenvalue weighted by Crippen LogP contribution is -2.23. The molecule has 8 nitrogen and oxygen atoms in total. The van der Waals surface area contributed by atoms with Gasteiger partial charge < -0.3 is 15.4 Å². The van der Waals surface area contributed by atoms with Crippen molar-refractivity contribution in [3.63, 3.8) is 0 Å². The van der Waals surface area contributed by atoms with Crippen molar-refractivity contribution in [1.29, 1.82) is 0 Å². The number of ketones is 1. The molecular weight excluding hydrogens is 324 g/mol. The van der Waals surface area contributed by atoms with Crippen molar-refractivity contribution in [3.05, 3.63) is 46.7 Å². The summed E-state index contributed by atoms with van der Waals surface area (Å²) in [7, 11) is 1.34. The Balaban J connectivity index is 1.77. The summed E-state index contributed by atoms with van der Waals surface area (Å²) in [6.45, 7) is 0. The van der Waals surface area contributed by atoms with Crippen LogP contribution in [-0.4, -0.2) is 29.2 Å². The van der Waals surface area contributed by atoms with E-state index in [-0.39, 0.29) is 5.78 Å². The van der Waals surface area contributed by atoms with Crippen LogP contribution in [0.25, 0.3) is 0 Å². The monoisotopic (exact) mass is 340 g/mol. The van der Waals surface area contributed by atoms with Gasteiger partial charge in [0.15, 0.2) is 5.78 Å². The average Bonchev–Trinajstić information content (AvgIpc) is 3.00. The lowest BCUT2D eigenvalue weighted by molar-refractivity contribution is -0.116. The minimum Gasteiger partial charge on any atom is -0.465 e. The van der Waals surface area contributed by atoms with Crippen LogP contribution in [0.5, 0.6) is 0 Å². The topological polar surface area (TPSA) is 106 Å². The lowest BCUT2D eigenvalue weighted by Gasteiger charge is -2.25. The number of rotatable bonds is 2. The number of Topliss-reactive ketones (excluding diaryl/α,β-unsaturated/α-hetero) is 1. The number of fused-ring (bicyclic) bond motifs is 1. The van der Waals surface area contributed by atoms with E-state index in [1.807, 2.05) is 0 Å². The Kier molecular flexibility index (Phi) is 3.72. The van der Waals surface area contributed by atoms with Gasteiger partial charge in [-0.2, -0.15) is 0 Å². The standard InChI is InChI=1S/C17H16N4O4/c1-24-17(23)10-7-5-9(6-8-10)14-13-11(3-2-4-12(13)22)18-15-16(19-14)21-25-20-15/h5-8,14H,2-4H2,1H3,(H,18,20)(H,19,21)/t14-/m0/s1. The van der Waals surface area contributed by atoms with Gasteiger partial charge in [0, 0.05) is 17.7 Å². The summed E-state index contributed by atoms with van der Waals surface area (Å²) in [6, 6.07) is 6.56. The first-order valence-electron chi connectivity index (χ1n) is 7.98. The smallest absolute Gasteiger partial charge is 0.337 e. The van der Waals surface area contributed by atoms with Crippen molar-refractivity contribution >= 4 is 23.4 Å². The highest BCUT2D eigenvalue weighted by atomic mass is 16.6. The maximum atomic E-state index is 12.6. The zero-order valence-corrected chi connectivity index (χ0v) is 13.5. The number of hydrogen-bond donors (Lipinski definition) is 2. The van der Waals surface area contributed by atoms with E-state index in [0.29, 0.717) is 29.2 Å². The number of benzene rings is 1. The molecule has 0 radical (unpaired) electrons. The number of ether oxygens (including phenoxy) is 1. The van der Waals surface area contributed by atoms with E-state index in [0.717, 1.165) is 24.1 Å². The second-order valence-electron chi connectivity index (χ2n) is 5.95. The molecule has 1 aliphatic heterocycles. The zero-order chi connectivity index (χ0) is 17.4. The summed E-state index contributed by atoms with van der Waals surface area (Å²) in [5.74, 6) is 0.601. The van der Waals surface area contributed by atoms with Gasteiger partial charge in [-0.3, -0.25) is 4.79 Å². The zero-order valence-electron chi connectivity index (χ0n) is 13.5. The molecule has 2 aromatic rings. The first kappa shape index (κ1) is 15.4. The largest absolute Gasteiger partial charge is 0.465 e. The molecule has 0 bridgehead atoms. The number of carbonyl (C=O) groups excluding carboxylic acids is 2. The Hall–Kier alpha value is -3.16. The molecule has 0 amide bonds. The Bertz CT molecular complexity index is 869. The van der Waals surface area contributed by atoms with Crippen LogP contribution in [-0.2, 0) is 9.53 Å². The number of esters is 1. The third-order valence-corrected chi connectivity index (χ3v) is 4.45. The summed E-state index contributed by atoms with van der Waals surface area (Å²) in [6.07, 6.45) is 2.06. The molecule has 128 valence electrons. The van der Waals surface area contributed by atoms with Crippen LogP contribution < -0.4 is 10.6 Å². The van der Waals surface area contributed by atoms with Gasteiger partial charge in [-0.1, -0.05) is 12.1 Å². The van der Waals surface area contributed by atoms with Crippen LogP contribution >= 0.6 is 0 Å². The predicted octanol–water partition coefficient (Wildman–Crippen LogP) is 2.44. The Morgan fingerprint density at radius 1 is 1.20 bits per heavy atom. The predicted molar refractivity (Wildman–Crippen MR) is 87.9 cm³/mol.